The Kier molecular flexibility index (Phi) is 11.1. The zero-order chi connectivity index (χ0) is 33.2. The Morgan fingerprint density at radius 2 is 1.17 bits per heavy atom. The highest BCUT2D eigenvalue weighted by Crippen LogP contribution is 2.38. The molecule has 0 spiro atoms. The van der Waals surface area contributed by atoms with Crippen molar-refractivity contribution in [2.24, 2.45) is 5.92 Å². The Bertz CT molecular complexity index is 1830. The number of nitriles is 1. The van der Waals surface area contributed by atoms with Gasteiger partial charge in [-0.2, -0.15) is 5.26 Å². The van der Waals surface area contributed by atoms with E-state index in [2.05, 4.69) is 32.0 Å². The summed E-state index contributed by atoms with van der Waals surface area (Å²) in [5.41, 5.74) is 7.66. The van der Waals surface area contributed by atoms with Crippen LogP contribution in [0.3, 0.4) is 0 Å². The van der Waals surface area contributed by atoms with Crippen molar-refractivity contribution in [2.75, 3.05) is 20.8 Å². The summed E-state index contributed by atoms with van der Waals surface area (Å²) in [6.45, 7) is 5.13. The maximum absolute atomic E-state index is 13.3. The van der Waals surface area contributed by atoms with Crippen LogP contribution in [0.1, 0.15) is 61.0 Å². The highest BCUT2D eigenvalue weighted by atomic mass is 16.5. The summed E-state index contributed by atoms with van der Waals surface area (Å²) in [5.74, 6) is 2.79. The molecule has 5 rings (SSSR count). The average Bonchev–Trinajstić information content (AvgIpc) is 3.14. The molecule has 0 saturated heterocycles. The van der Waals surface area contributed by atoms with E-state index in [9.17, 15) is 4.79 Å². The second-order valence-corrected chi connectivity index (χ2v) is 11.7. The maximum atomic E-state index is 13.3. The van der Waals surface area contributed by atoms with Crippen LogP contribution in [0.2, 0.25) is 0 Å². The number of hydrogen-bond acceptors (Lipinski definition) is 5. The number of unbranched alkanes of at least 4 members (excludes halogenated alkanes) is 1. The number of carbonyl (C=O) groups is 1. The number of rotatable bonds is 14. The number of hydrogen-bond donors (Lipinski definition) is 0. The Hall–Kier alpha value is -5.34. The summed E-state index contributed by atoms with van der Waals surface area (Å²) >= 11 is 0. The van der Waals surface area contributed by atoms with Crippen molar-refractivity contribution in [2.45, 2.75) is 39.5 Å². The second kappa shape index (κ2) is 15.8. The average molecular weight is 624 g/mol. The number of ether oxygens (including phenoxy) is 3. The second-order valence-electron chi connectivity index (χ2n) is 11.7. The molecule has 238 valence electrons. The fourth-order valence-corrected chi connectivity index (χ4v) is 5.73. The van der Waals surface area contributed by atoms with Crippen LogP contribution in [0.15, 0.2) is 109 Å². The van der Waals surface area contributed by atoms with Gasteiger partial charge in [0, 0.05) is 22.3 Å². The van der Waals surface area contributed by atoms with Gasteiger partial charge in [-0.05, 0) is 83.1 Å². The van der Waals surface area contributed by atoms with Gasteiger partial charge in [-0.15, -0.1) is 0 Å². The number of methoxy groups -OCH3 is 2. The van der Waals surface area contributed by atoms with E-state index in [-0.39, 0.29) is 5.78 Å². The molecule has 1 atom stereocenters. The molecule has 0 fully saturated rings. The van der Waals surface area contributed by atoms with Crippen LogP contribution in [0.4, 0.5) is 0 Å². The predicted molar refractivity (Wildman–Crippen MR) is 189 cm³/mol. The first-order valence-corrected chi connectivity index (χ1v) is 16.2. The molecule has 47 heavy (non-hydrogen) atoms. The normalized spacial score (nSPS) is 11.4. The number of nitrogens with zero attached hydrogens (tertiary/aromatic N) is 1. The van der Waals surface area contributed by atoms with Crippen LogP contribution in [0.5, 0.6) is 17.2 Å². The Morgan fingerprint density at radius 1 is 0.681 bits per heavy atom. The van der Waals surface area contributed by atoms with Gasteiger partial charge in [0.15, 0.2) is 5.78 Å². The minimum atomic E-state index is -0.0294. The molecule has 0 heterocycles. The predicted octanol–water partition coefficient (Wildman–Crippen LogP) is 10.4. The summed E-state index contributed by atoms with van der Waals surface area (Å²) in [7, 11) is 3.32. The van der Waals surface area contributed by atoms with Gasteiger partial charge in [0.05, 0.1) is 32.5 Å². The summed E-state index contributed by atoms with van der Waals surface area (Å²) in [6, 6.07) is 36.9. The maximum Gasteiger partial charge on any atom is 0.193 e. The van der Waals surface area contributed by atoms with Gasteiger partial charge in [-0.1, -0.05) is 93.8 Å². The van der Waals surface area contributed by atoms with E-state index >= 15 is 0 Å². The molecule has 0 aliphatic heterocycles. The monoisotopic (exact) mass is 623 g/mol. The first-order valence-electron chi connectivity index (χ1n) is 16.2. The van der Waals surface area contributed by atoms with E-state index < -0.39 is 0 Å². The van der Waals surface area contributed by atoms with Crippen molar-refractivity contribution in [3.05, 3.63) is 126 Å². The number of ketones is 1. The zero-order valence-corrected chi connectivity index (χ0v) is 27.6. The van der Waals surface area contributed by atoms with E-state index in [4.69, 9.17) is 19.5 Å². The van der Waals surface area contributed by atoms with Crippen molar-refractivity contribution in [1.29, 1.82) is 5.26 Å². The standard InChI is InChI=1S/C42H41NO4/c1-5-7-8-29(6-2)28-47-37-21-17-34(18-22-37)42(44)33-15-13-32(14-16-33)39-24-20-36(26-41(39)46-4)35-19-23-38(40(25-35)45-3)31-11-9-30(27-43)10-12-31/h9-26,29H,5-8,28H2,1-4H3. The first kappa shape index (κ1) is 33.0. The Morgan fingerprint density at radius 3 is 1.64 bits per heavy atom. The third-order valence-electron chi connectivity index (χ3n) is 8.66. The van der Waals surface area contributed by atoms with Crippen LogP contribution in [0.25, 0.3) is 33.4 Å². The lowest BCUT2D eigenvalue weighted by molar-refractivity contribution is 0.103. The summed E-state index contributed by atoms with van der Waals surface area (Å²) in [6.07, 6.45) is 4.70. The van der Waals surface area contributed by atoms with Gasteiger partial charge in [-0.25, -0.2) is 0 Å². The van der Waals surface area contributed by atoms with Crippen LogP contribution < -0.4 is 14.2 Å². The molecule has 0 bridgehead atoms. The highest BCUT2D eigenvalue weighted by molar-refractivity contribution is 6.09. The van der Waals surface area contributed by atoms with E-state index in [0.29, 0.717) is 29.2 Å². The van der Waals surface area contributed by atoms with Crippen molar-refractivity contribution in [1.82, 2.24) is 0 Å². The fourth-order valence-electron chi connectivity index (χ4n) is 5.73. The molecular formula is C42H41NO4. The Labute approximate surface area is 278 Å². The summed E-state index contributed by atoms with van der Waals surface area (Å²) in [5, 5.41) is 9.13. The largest absolute Gasteiger partial charge is 0.496 e. The third kappa shape index (κ3) is 7.91. The molecule has 1 unspecified atom stereocenters. The Balaban J connectivity index is 1.29. The fraction of sp³-hybridized carbons (Fsp3) is 0.238. The zero-order valence-electron chi connectivity index (χ0n) is 27.6. The van der Waals surface area contributed by atoms with Crippen LogP contribution in [-0.2, 0) is 0 Å². The topological polar surface area (TPSA) is 68.6 Å². The lowest BCUT2D eigenvalue weighted by Gasteiger charge is -2.15. The van der Waals surface area contributed by atoms with Crippen molar-refractivity contribution in [3.63, 3.8) is 0 Å². The minimum Gasteiger partial charge on any atom is -0.496 e. The van der Waals surface area contributed by atoms with E-state index in [0.717, 1.165) is 57.1 Å². The van der Waals surface area contributed by atoms with E-state index in [1.165, 1.54) is 19.3 Å². The molecule has 0 aliphatic rings. The molecule has 0 N–H and O–H groups in total. The highest BCUT2D eigenvalue weighted by Gasteiger charge is 2.14. The van der Waals surface area contributed by atoms with Crippen molar-refractivity contribution in [3.8, 4) is 56.7 Å². The van der Waals surface area contributed by atoms with Gasteiger partial charge in [0.25, 0.3) is 0 Å². The first-order chi connectivity index (χ1) is 23.0. The molecule has 0 amide bonds. The van der Waals surface area contributed by atoms with Gasteiger partial charge in [-0.3, -0.25) is 4.79 Å². The third-order valence-corrected chi connectivity index (χ3v) is 8.66. The van der Waals surface area contributed by atoms with Crippen molar-refractivity contribution >= 4 is 5.78 Å². The minimum absolute atomic E-state index is 0.0294. The van der Waals surface area contributed by atoms with E-state index in [1.54, 1.807) is 26.4 Å². The van der Waals surface area contributed by atoms with Crippen LogP contribution in [0, 0.1) is 17.2 Å². The molecule has 0 aliphatic carbocycles. The molecule has 5 heteroatoms. The SMILES string of the molecule is CCCCC(CC)COc1ccc(C(=O)c2ccc(-c3ccc(-c4ccc(-c5ccc(C#N)cc5)c(OC)c4)cc3OC)cc2)cc1. The molecular weight excluding hydrogens is 582 g/mol. The molecule has 5 nitrogen and oxygen atoms in total. The van der Waals surface area contributed by atoms with Gasteiger partial charge in [0.2, 0.25) is 0 Å². The quantitative estimate of drug-likeness (QED) is 0.115. The smallest absolute Gasteiger partial charge is 0.193 e. The molecule has 5 aromatic carbocycles. The van der Waals surface area contributed by atoms with Gasteiger partial charge < -0.3 is 14.2 Å². The molecule has 5 aromatic rings. The van der Waals surface area contributed by atoms with Gasteiger partial charge >= 0.3 is 0 Å². The number of benzene rings is 5. The van der Waals surface area contributed by atoms with Crippen LogP contribution >= 0.6 is 0 Å². The molecule has 0 radical (unpaired) electrons. The summed E-state index contributed by atoms with van der Waals surface area (Å²) in [4.78, 5) is 13.3. The van der Waals surface area contributed by atoms with Crippen molar-refractivity contribution < 1.29 is 19.0 Å². The lowest BCUT2D eigenvalue weighted by Crippen LogP contribution is -2.11. The molecule has 0 aromatic heterocycles. The van der Waals surface area contributed by atoms with Gasteiger partial charge in [0.1, 0.15) is 17.2 Å². The van der Waals surface area contributed by atoms with E-state index in [1.807, 2.05) is 84.9 Å². The molecule has 0 saturated carbocycles. The number of carbonyl (C=O) groups excluding carboxylic acids is 1. The summed E-state index contributed by atoms with van der Waals surface area (Å²) < 4.78 is 17.6. The lowest BCUT2D eigenvalue weighted by atomic mass is 9.95. The van der Waals surface area contributed by atoms with Crippen LogP contribution in [-0.4, -0.2) is 26.6 Å².